The molecule has 2 aromatic carbocycles. The Balaban J connectivity index is 1.82. The number of aryl methyl sites for hydroxylation is 1. The topological polar surface area (TPSA) is 71.8 Å². The zero-order chi connectivity index (χ0) is 16.7. The van der Waals surface area contributed by atoms with Crippen molar-refractivity contribution in [2.45, 2.75) is 5.92 Å². The van der Waals surface area contributed by atoms with Crippen molar-refractivity contribution in [2.75, 3.05) is 0 Å². The third kappa shape index (κ3) is 2.09. The number of benzene rings is 2. The summed E-state index contributed by atoms with van der Waals surface area (Å²) in [4.78, 5) is 17.2. The molecule has 2 heterocycles. The summed E-state index contributed by atoms with van der Waals surface area (Å²) in [5, 5.41) is 10.4. The van der Waals surface area contributed by atoms with E-state index in [4.69, 9.17) is 4.42 Å². The maximum Gasteiger partial charge on any atom is 0.220 e. The van der Waals surface area contributed by atoms with Gasteiger partial charge in [0.15, 0.2) is 17.3 Å². The molecule has 1 atom stereocenters. The molecule has 24 heavy (non-hydrogen) atoms. The van der Waals surface area contributed by atoms with E-state index >= 15 is 0 Å². The van der Waals surface area contributed by atoms with Gasteiger partial charge in [-0.25, -0.2) is 4.98 Å². The number of nitriles is 1. The molecule has 0 N–H and O–H groups in total. The highest BCUT2D eigenvalue weighted by atomic mass is 16.3. The van der Waals surface area contributed by atoms with E-state index in [2.05, 4.69) is 4.98 Å². The van der Waals surface area contributed by atoms with E-state index in [9.17, 15) is 10.1 Å². The SMILES string of the molecule is Cn1cc(C(=O)[C@@H](C#N)c2nc3ccccc3o2)c2ccccc21. The van der Waals surface area contributed by atoms with Crippen molar-refractivity contribution in [3.8, 4) is 6.07 Å². The fourth-order valence-corrected chi connectivity index (χ4v) is 2.93. The maximum absolute atomic E-state index is 12.9. The first-order valence-electron chi connectivity index (χ1n) is 7.52. The van der Waals surface area contributed by atoms with Crippen LogP contribution in [0, 0.1) is 11.3 Å². The molecule has 0 fully saturated rings. The first kappa shape index (κ1) is 14.2. The lowest BCUT2D eigenvalue weighted by atomic mass is 9.98. The highest BCUT2D eigenvalue weighted by Gasteiger charge is 2.29. The van der Waals surface area contributed by atoms with Crippen LogP contribution < -0.4 is 0 Å². The van der Waals surface area contributed by atoms with E-state index < -0.39 is 5.92 Å². The van der Waals surface area contributed by atoms with Gasteiger partial charge in [-0.2, -0.15) is 5.26 Å². The molecule has 0 saturated heterocycles. The lowest BCUT2D eigenvalue weighted by Crippen LogP contribution is -2.11. The van der Waals surface area contributed by atoms with E-state index in [0.29, 0.717) is 16.7 Å². The van der Waals surface area contributed by atoms with Crippen LogP contribution in [0.3, 0.4) is 0 Å². The minimum Gasteiger partial charge on any atom is -0.439 e. The van der Waals surface area contributed by atoms with Gasteiger partial charge in [-0.1, -0.05) is 30.3 Å². The molecule has 116 valence electrons. The van der Waals surface area contributed by atoms with Crippen molar-refractivity contribution in [1.29, 1.82) is 5.26 Å². The monoisotopic (exact) mass is 315 g/mol. The summed E-state index contributed by atoms with van der Waals surface area (Å²) in [6.45, 7) is 0. The Hall–Kier alpha value is -3.39. The third-order valence-electron chi connectivity index (χ3n) is 4.11. The Morgan fingerprint density at radius 2 is 1.96 bits per heavy atom. The van der Waals surface area contributed by atoms with Crippen molar-refractivity contribution >= 4 is 27.8 Å². The van der Waals surface area contributed by atoms with Crippen LogP contribution >= 0.6 is 0 Å². The summed E-state index contributed by atoms with van der Waals surface area (Å²) in [6.07, 6.45) is 1.75. The van der Waals surface area contributed by atoms with E-state index in [0.717, 1.165) is 10.9 Å². The molecule has 4 rings (SSSR count). The van der Waals surface area contributed by atoms with Crippen LogP contribution in [-0.4, -0.2) is 15.3 Å². The zero-order valence-electron chi connectivity index (χ0n) is 12.9. The molecule has 2 aromatic heterocycles. The van der Waals surface area contributed by atoms with Crippen LogP contribution in [0.4, 0.5) is 0 Å². The van der Waals surface area contributed by atoms with Gasteiger partial charge in [-0.3, -0.25) is 4.79 Å². The molecular weight excluding hydrogens is 302 g/mol. The number of hydrogen-bond donors (Lipinski definition) is 0. The number of para-hydroxylation sites is 3. The lowest BCUT2D eigenvalue weighted by molar-refractivity contribution is 0.0971. The van der Waals surface area contributed by atoms with E-state index in [1.807, 2.05) is 54.1 Å². The molecule has 0 spiro atoms. The molecule has 0 saturated carbocycles. The quantitative estimate of drug-likeness (QED) is 0.539. The molecule has 5 heteroatoms. The number of fused-ring (bicyclic) bond motifs is 2. The van der Waals surface area contributed by atoms with Gasteiger partial charge < -0.3 is 8.98 Å². The van der Waals surface area contributed by atoms with Crippen LogP contribution in [-0.2, 0) is 7.05 Å². The Morgan fingerprint density at radius 3 is 2.75 bits per heavy atom. The minimum absolute atomic E-state index is 0.136. The second-order valence-electron chi connectivity index (χ2n) is 5.62. The van der Waals surface area contributed by atoms with Gasteiger partial charge in [0.05, 0.1) is 6.07 Å². The fraction of sp³-hybridized carbons (Fsp3) is 0.105. The van der Waals surface area contributed by atoms with Crippen LogP contribution in [0.15, 0.2) is 59.1 Å². The minimum atomic E-state index is -1.07. The summed E-state index contributed by atoms with van der Waals surface area (Å²) in [7, 11) is 1.87. The predicted octanol–water partition coefficient (Wildman–Crippen LogP) is 3.81. The van der Waals surface area contributed by atoms with Crippen molar-refractivity contribution in [3.05, 3.63) is 66.2 Å². The molecule has 0 aliphatic rings. The molecule has 0 unspecified atom stereocenters. The van der Waals surface area contributed by atoms with Crippen LogP contribution in [0.1, 0.15) is 22.2 Å². The summed E-state index contributed by atoms with van der Waals surface area (Å²) < 4.78 is 7.50. The molecular formula is C19H13N3O2. The molecule has 0 bridgehead atoms. The first-order chi connectivity index (χ1) is 11.7. The van der Waals surface area contributed by atoms with Gasteiger partial charge in [0.1, 0.15) is 5.52 Å². The number of rotatable bonds is 3. The zero-order valence-corrected chi connectivity index (χ0v) is 12.9. The second kappa shape index (κ2) is 5.36. The number of Topliss-reactive ketones (excluding diaryl/α,β-unsaturated/α-hetero) is 1. The first-order valence-corrected chi connectivity index (χ1v) is 7.52. The number of carbonyl (C=O) groups excluding carboxylic acids is 1. The van der Waals surface area contributed by atoms with Gasteiger partial charge >= 0.3 is 0 Å². The largest absolute Gasteiger partial charge is 0.439 e. The van der Waals surface area contributed by atoms with E-state index in [1.165, 1.54) is 0 Å². The van der Waals surface area contributed by atoms with Crippen molar-refractivity contribution in [1.82, 2.24) is 9.55 Å². The van der Waals surface area contributed by atoms with Gasteiger partial charge in [-0.15, -0.1) is 0 Å². The lowest BCUT2D eigenvalue weighted by Gasteiger charge is -2.03. The molecule has 0 aliphatic carbocycles. The molecule has 4 aromatic rings. The number of nitrogens with zero attached hydrogens (tertiary/aromatic N) is 3. The van der Waals surface area contributed by atoms with Gasteiger partial charge in [0.2, 0.25) is 5.89 Å². The smallest absolute Gasteiger partial charge is 0.220 e. The van der Waals surface area contributed by atoms with Gasteiger partial charge in [-0.05, 0) is 18.2 Å². The summed E-state index contributed by atoms with van der Waals surface area (Å²) in [6, 6.07) is 16.9. The Bertz CT molecular complexity index is 1080. The second-order valence-corrected chi connectivity index (χ2v) is 5.62. The standard InChI is InChI=1S/C19H13N3O2/c1-22-11-14(12-6-2-4-8-16(12)22)18(23)13(10-20)19-21-15-7-3-5-9-17(15)24-19/h2-9,11,13H,1H3/t13-/m1/s1. The maximum atomic E-state index is 12.9. The van der Waals surface area contributed by atoms with Crippen LogP contribution in [0.2, 0.25) is 0 Å². The van der Waals surface area contributed by atoms with Crippen molar-refractivity contribution in [2.24, 2.45) is 7.05 Å². The average Bonchev–Trinajstić information content (AvgIpc) is 3.17. The molecule has 0 radical (unpaired) electrons. The Morgan fingerprint density at radius 1 is 1.21 bits per heavy atom. The summed E-state index contributed by atoms with van der Waals surface area (Å²) in [5.41, 5.74) is 2.65. The fourth-order valence-electron chi connectivity index (χ4n) is 2.93. The highest BCUT2D eigenvalue weighted by Crippen LogP contribution is 2.28. The average molecular weight is 315 g/mol. The number of ketones is 1. The Labute approximate surface area is 137 Å². The summed E-state index contributed by atoms with van der Waals surface area (Å²) >= 11 is 0. The molecule has 5 nitrogen and oxygen atoms in total. The van der Waals surface area contributed by atoms with Crippen molar-refractivity contribution < 1.29 is 9.21 Å². The van der Waals surface area contributed by atoms with Crippen LogP contribution in [0.5, 0.6) is 0 Å². The number of hydrogen-bond acceptors (Lipinski definition) is 4. The predicted molar refractivity (Wildman–Crippen MR) is 89.6 cm³/mol. The Kier molecular flexibility index (Phi) is 3.17. The van der Waals surface area contributed by atoms with E-state index in [1.54, 1.807) is 18.3 Å². The van der Waals surface area contributed by atoms with E-state index in [-0.39, 0.29) is 11.7 Å². The third-order valence-corrected chi connectivity index (χ3v) is 4.11. The van der Waals surface area contributed by atoms with Gasteiger partial charge in [0, 0.05) is 29.7 Å². The number of aromatic nitrogens is 2. The van der Waals surface area contributed by atoms with Crippen LogP contribution in [0.25, 0.3) is 22.0 Å². The molecule has 0 aliphatic heterocycles. The number of oxazole rings is 1. The highest BCUT2D eigenvalue weighted by molar-refractivity contribution is 6.11. The summed E-state index contributed by atoms with van der Waals surface area (Å²) in [5.74, 6) is -1.24. The van der Waals surface area contributed by atoms with Gasteiger partial charge in [0.25, 0.3) is 0 Å². The normalized spacial score (nSPS) is 12.3. The molecule has 0 amide bonds. The number of carbonyl (C=O) groups is 1. The van der Waals surface area contributed by atoms with Crippen molar-refractivity contribution in [3.63, 3.8) is 0 Å².